The Morgan fingerprint density at radius 2 is 2.14 bits per heavy atom. The molecule has 21 heavy (non-hydrogen) atoms. The molecule has 0 aliphatic rings. The van der Waals surface area contributed by atoms with Crippen LogP contribution in [0.15, 0.2) is 32.9 Å². The Balaban J connectivity index is 2.04. The second kappa shape index (κ2) is 8.63. The summed E-state index contributed by atoms with van der Waals surface area (Å²) >= 11 is 5.02. The monoisotopic (exact) mass is 341 g/mol. The summed E-state index contributed by atoms with van der Waals surface area (Å²) in [7, 11) is 1.70. The lowest BCUT2D eigenvalue weighted by molar-refractivity contribution is 0.413. The Kier molecular flexibility index (Phi) is 6.82. The highest BCUT2D eigenvalue weighted by molar-refractivity contribution is 8.02. The molecule has 4 nitrogen and oxygen atoms in total. The molecule has 2 aromatic rings. The van der Waals surface area contributed by atoms with E-state index in [1.54, 1.807) is 42.0 Å². The predicted molar refractivity (Wildman–Crippen MR) is 91.8 cm³/mol. The van der Waals surface area contributed by atoms with Crippen LogP contribution < -0.4 is 10.1 Å². The van der Waals surface area contributed by atoms with Crippen LogP contribution in [-0.2, 0) is 0 Å². The molecule has 1 aromatic carbocycles. The van der Waals surface area contributed by atoms with Gasteiger partial charge in [0.05, 0.1) is 7.11 Å². The lowest BCUT2D eigenvalue weighted by atomic mass is 10.1. The van der Waals surface area contributed by atoms with Gasteiger partial charge in [0.2, 0.25) is 0 Å². The highest BCUT2D eigenvalue weighted by Crippen LogP contribution is 2.30. The topological polar surface area (TPSA) is 47.0 Å². The van der Waals surface area contributed by atoms with Crippen LogP contribution in [0.5, 0.6) is 5.75 Å². The number of rotatable bonds is 8. The smallest absolute Gasteiger partial charge is 0.175 e. The predicted octanol–water partition coefficient (Wildman–Crippen LogP) is 3.71. The van der Waals surface area contributed by atoms with Gasteiger partial charge in [-0.05, 0) is 30.5 Å². The first-order valence-corrected chi connectivity index (χ1v) is 9.67. The minimum Gasteiger partial charge on any atom is -0.497 e. The summed E-state index contributed by atoms with van der Waals surface area (Å²) in [6.07, 6.45) is 2.02. The first-order valence-electron chi connectivity index (χ1n) is 6.64. The van der Waals surface area contributed by atoms with Crippen molar-refractivity contribution in [3.05, 3.63) is 29.8 Å². The lowest BCUT2D eigenvalue weighted by Gasteiger charge is -2.18. The standard InChI is InChI=1S/C14H19N3OS3/c1-4-15-12(10-6-5-7-11(8-10)18-2)9-20-14-17-16-13(19-3)21-14/h5-8,12,15H,4,9H2,1-3H3. The van der Waals surface area contributed by atoms with E-state index >= 15 is 0 Å². The molecule has 0 amide bonds. The number of benzene rings is 1. The molecule has 0 aliphatic carbocycles. The van der Waals surface area contributed by atoms with Crippen LogP contribution >= 0.6 is 34.9 Å². The van der Waals surface area contributed by atoms with Gasteiger partial charge in [-0.25, -0.2) is 0 Å². The Morgan fingerprint density at radius 1 is 1.33 bits per heavy atom. The molecule has 1 heterocycles. The van der Waals surface area contributed by atoms with E-state index in [4.69, 9.17) is 4.74 Å². The average Bonchev–Trinajstić information content (AvgIpc) is 2.99. The van der Waals surface area contributed by atoms with Gasteiger partial charge < -0.3 is 10.1 Å². The van der Waals surface area contributed by atoms with Gasteiger partial charge in [-0.2, -0.15) is 0 Å². The zero-order valence-corrected chi connectivity index (χ0v) is 14.8. The molecule has 0 saturated heterocycles. The summed E-state index contributed by atoms with van der Waals surface area (Å²) in [5.41, 5.74) is 1.23. The van der Waals surface area contributed by atoms with E-state index in [2.05, 4.69) is 34.6 Å². The molecule has 0 bridgehead atoms. The number of aromatic nitrogens is 2. The summed E-state index contributed by atoms with van der Waals surface area (Å²) < 4.78 is 7.34. The van der Waals surface area contributed by atoms with Gasteiger partial charge in [0.15, 0.2) is 8.68 Å². The SMILES string of the molecule is CCNC(CSc1nnc(SC)s1)c1cccc(OC)c1. The number of ether oxygens (including phenoxy) is 1. The van der Waals surface area contributed by atoms with Gasteiger partial charge in [0.1, 0.15) is 5.75 Å². The molecular formula is C14H19N3OS3. The average molecular weight is 342 g/mol. The van der Waals surface area contributed by atoms with E-state index in [1.807, 2.05) is 18.4 Å². The Bertz CT molecular complexity index is 562. The number of hydrogen-bond donors (Lipinski definition) is 1. The fraction of sp³-hybridized carbons (Fsp3) is 0.429. The van der Waals surface area contributed by atoms with Crippen LogP contribution in [-0.4, -0.2) is 35.9 Å². The zero-order valence-electron chi connectivity index (χ0n) is 12.3. The Morgan fingerprint density at radius 3 is 2.81 bits per heavy atom. The van der Waals surface area contributed by atoms with Crippen LogP contribution in [0.4, 0.5) is 0 Å². The van der Waals surface area contributed by atoms with E-state index in [9.17, 15) is 0 Å². The second-order valence-corrected chi connectivity index (χ2v) is 7.53. The van der Waals surface area contributed by atoms with Crippen molar-refractivity contribution >= 4 is 34.9 Å². The molecule has 1 aromatic heterocycles. The maximum absolute atomic E-state index is 5.31. The minimum atomic E-state index is 0.275. The molecule has 0 fully saturated rings. The van der Waals surface area contributed by atoms with Crippen LogP contribution in [0, 0.1) is 0 Å². The van der Waals surface area contributed by atoms with Crippen molar-refractivity contribution in [2.24, 2.45) is 0 Å². The van der Waals surface area contributed by atoms with Crippen molar-refractivity contribution in [3.8, 4) is 5.75 Å². The number of methoxy groups -OCH3 is 1. The first kappa shape index (κ1) is 16.6. The lowest BCUT2D eigenvalue weighted by Crippen LogP contribution is -2.22. The minimum absolute atomic E-state index is 0.275. The van der Waals surface area contributed by atoms with Crippen LogP contribution in [0.1, 0.15) is 18.5 Å². The first-order chi connectivity index (χ1) is 10.3. The third-order valence-corrected chi connectivity index (χ3v) is 6.01. The quantitative estimate of drug-likeness (QED) is 0.739. The van der Waals surface area contributed by atoms with Crippen LogP contribution in [0.25, 0.3) is 0 Å². The molecule has 0 saturated carbocycles. The van der Waals surface area contributed by atoms with Gasteiger partial charge >= 0.3 is 0 Å². The van der Waals surface area contributed by atoms with Crippen LogP contribution in [0.2, 0.25) is 0 Å². The normalized spacial score (nSPS) is 12.3. The molecule has 1 N–H and O–H groups in total. The van der Waals surface area contributed by atoms with Crippen molar-refractivity contribution in [1.82, 2.24) is 15.5 Å². The van der Waals surface area contributed by atoms with Crippen molar-refractivity contribution in [2.75, 3.05) is 25.7 Å². The number of hydrogen-bond acceptors (Lipinski definition) is 7. The van der Waals surface area contributed by atoms with E-state index in [-0.39, 0.29) is 6.04 Å². The largest absolute Gasteiger partial charge is 0.497 e. The van der Waals surface area contributed by atoms with E-state index in [0.29, 0.717) is 0 Å². The number of thioether (sulfide) groups is 2. The zero-order chi connectivity index (χ0) is 15.1. The van der Waals surface area contributed by atoms with E-state index in [0.717, 1.165) is 26.7 Å². The maximum Gasteiger partial charge on any atom is 0.175 e. The van der Waals surface area contributed by atoms with Crippen molar-refractivity contribution in [3.63, 3.8) is 0 Å². The number of nitrogens with one attached hydrogen (secondary N) is 1. The maximum atomic E-state index is 5.31. The summed E-state index contributed by atoms with van der Waals surface area (Å²) in [5, 5.41) is 11.8. The molecule has 0 radical (unpaired) electrons. The molecule has 2 rings (SSSR count). The fourth-order valence-corrected chi connectivity index (χ4v) is 4.43. The summed E-state index contributed by atoms with van der Waals surface area (Å²) in [4.78, 5) is 0. The number of nitrogens with zero attached hydrogens (tertiary/aromatic N) is 2. The summed E-state index contributed by atoms with van der Waals surface area (Å²) in [6.45, 7) is 3.04. The Labute approximate surface area is 138 Å². The van der Waals surface area contributed by atoms with Gasteiger partial charge in [0.25, 0.3) is 0 Å². The molecule has 114 valence electrons. The molecule has 1 atom stereocenters. The third kappa shape index (κ3) is 4.88. The molecule has 7 heteroatoms. The molecule has 0 spiro atoms. The van der Waals surface area contributed by atoms with Crippen molar-refractivity contribution in [2.45, 2.75) is 21.6 Å². The van der Waals surface area contributed by atoms with Gasteiger partial charge in [0, 0.05) is 11.8 Å². The second-order valence-electron chi connectivity index (χ2n) is 4.24. The van der Waals surface area contributed by atoms with Crippen molar-refractivity contribution in [1.29, 1.82) is 0 Å². The molecule has 1 unspecified atom stereocenters. The highest BCUT2D eigenvalue weighted by Gasteiger charge is 2.13. The summed E-state index contributed by atoms with van der Waals surface area (Å²) in [5.74, 6) is 1.81. The van der Waals surface area contributed by atoms with Gasteiger partial charge in [-0.3, -0.25) is 0 Å². The van der Waals surface area contributed by atoms with Gasteiger partial charge in [-0.15, -0.1) is 10.2 Å². The fourth-order valence-electron chi connectivity index (χ4n) is 1.87. The molecular weight excluding hydrogens is 322 g/mol. The van der Waals surface area contributed by atoms with E-state index in [1.165, 1.54) is 5.56 Å². The van der Waals surface area contributed by atoms with Crippen LogP contribution in [0.3, 0.4) is 0 Å². The van der Waals surface area contributed by atoms with E-state index < -0.39 is 0 Å². The third-order valence-electron chi connectivity index (χ3n) is 2.88. The highest BCUT2D eigenvalue weighted by atomic mass is 32.2. The van der Waals surface area contributed by atoms with Crippen molar-refractivity contribution < 1.29 is 4.74 Å². The Hall–Kier alpha value is -0.760. The van der Waals surface area contributed by atoms with Gasteiger partial charge in [-0.1, -0.05) is 53.9 Å². The summed E-state index contributed by atoms with van der Waals surface area (Å²) in [6, 6.07) is 8.48. The molecule has 0 aliphatic heterocycles.